The van der Waals surface area contributed by atoms with E-state index in [1.165, 1.54) is 0 Å². The fourth-order valence-electron chi connectivity index (χ4n) is 2.49. The molecule has 0 saturated carbocycles. The molecule has 4 nitrogen and oxygen atoms in total. The highest BCUT2D eigenvalue weighted by molar-refractivity contribution is 9.10. The summed E-state index contributed by atoms with van der Waals surface area (Å²) in [4.78, 5) is 10.2. The van der Waals surface area contributed by atoms with Crippen LogP contribution in [-0.2, 0) is 6.54 Å². The molecular weight excluding hydrogens is 406 g/mol. The fraction of sp³-hybridized carbons (Fsp3) is 0.333. The maximum Gasteiger partial charge on any atom is 0.225 e. The summed E-state index contributed by atoms with van der Waals surface area (Å²) in [5.74, 6) is 0.532. The van der Waals surface area contributed by atoms with Crippen LogP contribution in [0.4, 0.5) is 10.3 Å². The number of benzene rings is 1. The molecule has 2 aromatic rings. The Hall–Kier alpha value is -0.950. The third-order valence-corrected chi connectivity index (χ3v) is 4.70. The van der Waals surface area contributed by atoms with Gasteiger partial charge in [-0.05, 0) is 33.6 Å². The second-order valence-electron chi connectivity index (χ2n) is 5.35. The minimum absolute atomic E-state index is 0.271. The van der Waals surface area contributed by atoms with Crippen molar-refractivity contribution in [3.05, 3.63) is 50.7 Å². The number of rotatable bonds is 4. The van der Waals surface area contributed by atoms with Crippen molar-refractivity contribution in [3.63, 3.8) is 0 Å². The zero-order valence-electron chi connectivity index (χ0n) is 12.0. The number of nitrogens with one attached hydrogen (secondary N) is 1. The maximum absolute atomic E-state index is 14.2. The lowest BCUT2D eigenvalue weighted by Crippen LogP contribution is -2.37. The van der Waals surface area contributed by atoms with E-state index in [9.17, 15) is 4.39 Å². The average Bonchev–Trinajstić information content (AvgIpc) is 2.88. The molecule has 1 saturated heterocycles. The van der Waals surface area contributed by atoms with Crippen molar-refractivity contribution in [3.8, 4) is 0 Å². The quantitative estimate of drug-likeness (QED) is 0.816. The molecule has 0 radical (unpaired) electrons. The monoisotopic (exact) mass is 418 g/mol. The molecule has 1 aromatic heterocycles. The number of aromatic nitrogens is 2. The van der Waals surface area contributed by atoms with Gasteiger partial charge in [0.15, 0.2) is 0 Å². The molecule has 3 rings (SSSR count). The zero-order chi connectivity index (χ0) is 16.4. The lowest BCUT2D eigenvalue weighted by Gasteiger charge is -2.16. The third kappa shape index (κ3) is 4.12. The van der Waals surface area contributed by atoms with E-state index in [4.69, 9.17) is 23.2 Å². The van der Waals surface area contributed by atoms with Crippen LogP contribution in [-0.4, -0.2) is 35.3 Å². The van der Waals surface area contributed by atoms with Gasteiger partial charge in [-0.1, -0.05) is 29.3 Å². The Bertz CT molecular complexity index is 686. The van der Waals surface area contributed by atoms with Crippen molar-refractivity contribution < 1.29 is 4.39 Å². The first-order valence-electron chi connectivity index (χ1n) is 7.07. The Kier molecular flexibility index (Phi) is 5.36. The molecule has 1 aliphatic rings. The van der Waals surface area contributed by atoms with Gasteiger partial charge in [-0.25, -0.2) is 14.4 Å². The van der Waals surface area contributed by atoms with E-state index in [1.54, 1.807) is 24.5 Å². The Balaban J connectivity index is 1.61. The van der Waals surface area contributed by atoms with Crippen LogP contribution in [0.5, 0.6) is 0 Å². The number of hydrogen-bond donors (Lipinski definition) is 1. The minimum atomic E-state index is -0.992. The highest BCUT2D eigenvalue weighted by atomic mass is 79.9. The first-order valence-corrected chi connectivity index (χ1v) is 8.61. The van der Waals surface area contributed by atoms with E-state index >= 15 is 0 Å². The lowest BCUT2D eigenvalue weighted by molar-refractivity contribution is 0.299. The molecule has 1 fully saturated rings. The van der Waals surface area contributed by atoms with E-state index in [0.29, 0.717) is 29.1 Å². The van der Waals surface area contributed by atoms with Crippen LogP contribution < -0.4 is 10.2 Å². The molecule has 2 heterocycles. The van der Waals surface area contributed by atoms with E-state index < -0.39 is 6.17 Å². The van der Waals surface area contributed by atoms with Crippen LogP contribution >= 0.6 is 39.1 Å². The van der Waals surface area contributed by atoms with Gasteiger partial charge in [-0.3, -0.25) is 0 Å². The largest absolute Gasteiger partial charge is 0.336 e. The van der Waals surface area contributed by atoms with E-state index in [-0.39, 0.29) is 12.6 Å². The summed E-state index contributed by atoms with van der Waals surface area (Å²) in [6.45, 7) is 1.26. The zero-order valence-corrected chi connectivity index (χ0v) is 15.1. The van der Waals surface area contributed by atoms with Crippen LogP contribution in [0.2, 0.25) is 10.0 Å². The van der Waals surface area contributed by atoms with Gasteiger partial charge in [0, 0.05) is 35.5 Å². The summed E-state index contributed by atoms with van der Waals surface area (Å²) < 4.78 is 15.0. The first kappa shape index (κ1) is 16.9. The summed E-state index contributed by atoms with van der Waals surface area (Å²) in [6, 6.07) is 5.00. The second-order valence-corrected chi connectivity index (χ2v) is 7.10. The van der Waals surface area contributed by atoms with Gasteiger partial charge in [0.25, 0.3) is 0 Å². The Morgan fingerprint density at radius 2 is 2.00 bits per heavy atom. The topological polar surface area (TPSA) is 41.1 Å². The summed E-state index contributed by atoms with van der Waals surface area (Å²) in [5, 5.41) is 4.37. The van der Waals surface area contributed by atoms with Crippen molar-refractivity contribution in [2.75, 3.05) is 18.0 Å². The standard InChI is InChI=1S/C15H14BrCl2FN4/c16-10-5-21-15(22-6-10)23-7-13(19)14(8-23)20-4-9-1-2-11(17)3-12(9)18/h1-3,5-6,13-14,20H,4,7-8H2. The molecule has 2 atom stereocenters. The molecule has 0 spiro atoms. The van der Waals surface area contributed by atoms with Crippen molar-refractivity contribution in [2.45, 2.75) is 18.8 Å². The Labute approximate surface area is 152 Å². The highest BCUT2D eigenvalue weighted by Gasteiger charge is 2.33. The van der Waals surface area contributed by atoms with Crippen LogP contribution in [0.25, 0.3) is 0 Å². The highest BCUT2D eigenvalue weighted by Crippen LogP contribution is 2.23. The van der Waals surface area contributed by atoms with Crippen LogP contribution in [0.1, 0.15) is 5.56 Å². The molecular formula is C15H14BrCl2FN4. The summed E-state index contributed by atoms with van der Waals surface area (Å²) >= 11 is 15.3. The average molecular weight is 420 g/mol. The smallest absolute Gasteiger partial charge is 0.225 e. The number of anilines is 1. The van der Waals surface area contributed by atoms with E-state index in [0.717, 1.165) is 10.0 Å². The number of halogens is 4. The van der Waals surface area contributed by atoms with E-state index in [1.807, 2.05) is 11.0 Å². The Morgan fingerprint density at radius 1 is 1.26 bits per heavy atom. The molecule has 1 aromatic carbocycles. The predicted molar refractivity (Wildman–Crippen MR) is 93.9 cm³/mol. The lowest BCUT2D eigenvalue weighted by atomic mass is 10.2. The third-order valence-electron chi connectivity index (χ3n) is 3.71. The molecule has 0 bridgehead atoms. The molecule has 0 aliphatic carbocycles. The Morgan fingerprint density at radius 3 is 2.70 bits per heavy atom. The van der Waals surface area contributed by atoms with Crippen molar-refractivity contribution in [1.29, 1.82) is 0 Å². The summed E-state index contributed by atoms with van der Waals surface area (Å²) in [5.41, 5.74) is 0.890. The van der Waals surface area contributed by atoms with Gasteiger partial charge >= 0.3 is 0 Å². The number of alkyl halides is 1. The minimum Gasteiger partial charge on any atom is -0.336 e. The van der Waals surface area contributed by atoms with Crippen LogP contribution in [0, 0.1) is 0 Å². The van der Waals surface area contributed by atoms with Crippen molar-refractivity contribution >= 4 is 45.1 Å². The normalized spacial score (nSPS) is 21.0. The summed E-state index contributed by atoms with van der Waals surface area (Å²) in [7, 11) is 0. The summed E-state index contributed by atoms with van der Waals surface area (Å²) in [6.07, 6.45) is 2.32. The van der Waals surface area contributed by atoms with Crippen LogP contribution in [0.3, 0.4) is 0 Å². The molecule has 122 valence electrons. The molecule has 0 amide bonds. The predicted octanol–water partition coefficient (Wildman–Crippen LogP) is 3.86. The van der Waals surface area contributed by atoms with Gasteiger partial charge in [-0.15, -0.1) is 0 Å². The van der Waals surface area contributed by atoms with Gasteiger partial charge in [0.2, 0.25) is 5.95 Å². The van der Waals surface area contributed by atoms with Crippen molar-refractivity contribution in [1.82, 2.24) is 15.3 Å². The van der Waals surface area contributed by atoms with E-state index in [2.05, 4.69) is 31.2 Å². The van der Waals surface area contributed by atoms with Gasteiger partial charge < -0.3 is 10.2 Å². The van der Waals surface area contributed by atoms with Gasteiger partial charge in [0.05, 0.1) is 17.1 Å². The van der Waals surface area contributed by atoms with Crippen molar-refractivity contribution in [2.24, 2.45) is 0 Å². The molecule has 2 unspecified atom stereocenters. The number of nitrogens with zero attached hydrogens (tertiary/aromatic N) is 3. The fourth-order valence-corrected chi connectivity index (χ4v) is 3.17. The molecule has 8 heteroatoms. The molecule has 1 N–H and O–H groups in total. The van der Waals surface area contributed by atoms with Crippen LogP contribution in [0.15, 0.2) is 35.1 Å². The second kappa shape index (κ2) is 7.30. The number of hydrogen-bond acceptors (Lipinski definition) is 4. The molecule has 23 heavy (non-hydrogen) atoms. The SMILES string of the molecule is FC1CN(c2ncc(Br)cn2)CC1NCc1ccc(Cl)cc1Cl. The maximum atomic E-state index is 14.2. The first-order chi connectivity index (χ1) is 11.0. The van der Waals surface area contributed by atoms with Gasteiger partial charge in [0.1, 0.15) is 6.17 Å². The molecule has 1 aliphatic heterocycles. The van der Waals surface area contributed by atoms with Gasteiger partial charge in [-0.2, -0.15) is 0 Å².